The molecule has 1 saturated heterocycles. The molecule has 6 heteroatoms. The van der Waals surface area contributed by atoms with Crippen molar-refractivity contribution in [3.8, 4) is 0 Å². The van der Waals surface area contributed by atoms with Crippen LogP contribution in [0, 0.1) is 0 Å². The Balaban J connectivity index is 1.99. The molecule has 2 aromatic rings. The van der Waals surface area contributed by atoms with Gasteiger partial charge in [-0.25, -0.2) is 4.98 Å². The van der Waals surface area contributed by atoms with Gasteiger partial charge in [-0.1, -0.05) is 36.2 Å². The van der Waals surface area contributed by atoms with Gasteiger partial charge in [-0.3, -0.25) is 0 Å². The fourth-order valence-corrected chi connectivity index (χ4v) is 3.05. The Hall–Kier alpha value is -1.07. The fourth-order valence-electron chi connectivity index (χ4n) is 2.49. The van der Waals surface area contributed by atoms with E-state index < -0.39 is 5.79 Å². The number of nitrogens with zero attached hydrogens (tertiary/aromatic N) is 2. The first kappa shape index (κ1) is 14.9. The van der Waals surface area contributed by atoms with E-state index in [2.05, 4.69) is 11.9 Å². The predicted molar refractivity (Wildman–Crippen MR) is 81.5 cm³/mol. The molecule has 0 saturated carbocycles. The van der Waals surface area contributed by atoms with Crippen LogP contribution in [0.2, 0.25) is 10.0 Å². The summed E-state index contributed by atoms with van der Waals surface area (Å²) in [5, 5.41) is 1.13. The predicted octanol–water partition coefficient (Wildman–Crippen LogP) is 3.87. The Morgan fingerprint density at radius 1 is 1.43 bits per heavy atom. The van der Waals surface area contributed by atoms with Crippen molar-refractivity contribution >= 4 is 23.2 Å². The SMILES string of the molecule is CC[C@@H]1CO[C@@](Cn2ccnc2)(c2ccc(Cl)cc2Cl)O1. The molecule has 1 aromatic carbocycles. The first-order chi connectivity index (χ1) is 10.1. The van der Waals surface area contributed by atoms with E-state index in [9.17, 15) is 0 Å². The van der Waals surface area contributed by atoms with E-state index in [0.29, 0.717) is 23.2 Å². The van der Waals surface area contributed by atoms with Gasteiger partial charge in [0, 0.05) is 23.0 Å². The van der Waals surface area contributed by atoms with E-state index in [1.54, 1.807) is 24.7 Å². The van der Waals surface area contributed by atoms with Crippen LogP contribution in [-0.4, -0.2) is 22.3 Å². The molecule has 1 aliphatic heterocycles. The maximum atomic E-state index is 6.36. The number of hydrogen-bond donors (Lipinski definition) is 0. The number of aromatic nitrogens is 2. The van der Waals surface area contributed by atoms with Crippen molar-refractivity contribution in [3.05, 3.63) is 52.5 Å². The Labute approximate surface area is 133 Å². The lowest BCUT2D eigenvalue weighted by atomic mass is 10.1. The van der Waals surface area contributed by atoms with E-state index in [0.717, 1.165) is 12.0 Å². The van der Waals surface area contributed by atoms with Gasteiger partial charge < -0.3 is 14.0 Å². The van der Waals surface area contributed by atoms with E-state index in [-0.39, 0.29) is 6.10 Å². The summed E-state index contributed by atoms with van der Waals surface area (Å²) in [4.78, 5) is 4.06. The topological polar surface area (TPSA) is 36.3 Å². The molecular formula is C15H16Cl2N2O2. The van der Waals surface area contributed by atoms with Gasteiger partial charge in [0.1, 0.15) is 0 Å². The maximum Gasteiger partial charge on any atom is 0.215 e. The number of benzene rings is 1. The Morgan fingerprint density at radius 3 is 2.90 bits per heavy atom. The molecule has 3 rings (SSSR count). The normalized spacial score (nSPS) is 25.4. The van der Waals surface area contributed by atoms with Gasteiger partial charge in [0.25, 0.3) is 0 Å². The van der Waals surface area contributed by atoms with Crippen LogP contribution in [0.25, 0.3) is 0 Å². The van der Waals surface area contributed by atoms with Gasteiger partial charge in [0.05, 0.1) is 30.6 Å². The molecule has 0 unspecified atom stereocenters. The molecule has 2 atom stereocenters. The Kier molecular flexibility index (Phi) is 4.22. The van der Waals surface area contributed by atoms with Crippen molar-refractivity contribution in [2.75, 3.05) is 6.61 Å². The summed E-state index contributed by atoms with van der Waals surface area (Å²) in [5.41, 5.74) is 0.790. The molecule has 2 heterocycles. The molecule has 1 aromatic heterocycles. The minimum absolute atomic E-state index is 0.0558. The highest BCUT2D eigenvalue weighted by atomic mass is 35.5. The lowest BCUT2D eigenvalue weighted by molar-refractivity contribution is -0.187. The third kappa shape index (κ3) is 2.94. The third-order valence-electron chi connectivity index (χ3n) is 3.61. The van der Waals surface area contributed by atoms with Gasteiger partial charge in [-0.05, 0) is 18.6 Å². The van der Waals surface area contributed by atoms with E-state index >= 15 is 0 Å². The van der Waals surface area contributed by atoms with Crippen molar-refractivity contribution in [2.45, 2.75) is 31.8 Å². The van der Waals surface area contributed by atoms with Crippen molar-refractivity contribution < 1.29 is 9.47 Å². The molecule has 1 aliphatic rings. The summed E-state index contributed by atoms with van der Waals surface area (Å²) in [6.07, 6.45) is 6.27. The highest BCUT2D eigenvalue weighted by molar-refractivity contribution is 6.35. The second kappa shape index (κ2) is 5.97. The van der Waals surface area contributed by atoms with Crippen LogP contribution in [-0.2, 0) is 21.8 Å². The molecule has 1 fully saturated rings. The van der Waals surface area contributed by atoms with Gasteiger partial charge in [-0.15, -0.1) is 0 Å². The fraction of sp³-hybridized carbons (Fsp3) is 0.400. The molecule has 0 aliphatic carbocycles. The quantitative estimate of drug-likeness (QED) is 0.855. The summed E-state index contributed by atoms with van der Waals surface area (Å²) in [6, 6.07) is 5.37. The molecular weight excluding hydrogens is 311 g/mol. The molecule has 112 valence electrons. The van der Waals surface area contributed by atoms with Crippen LogP contribution >= 0.6 is 23.2 Å². The van der Waals surface area contributed by atoms with E-state index in [1.165, 1.54) is 0 Å². The Morgan fingerprint density at radius 2 is 2.29 bits per heavy atom. The zero-order valence-electron chi connectivity index (χ0n) is 11.6. The number of rotatable bonds is 4. The molecule has 4 nitrogen and oxygen atoms in total. The van der Waals surface area contributed by atoms with Gasteiger partial charge in [0.2, 0.25) is 5.79 Å². The number of ether oxygens (including phenoxy) is 2. The largest absolute Gasteiger partial charge is 0.342 e. The summed E-state index contributed by atoms with van der Waals surface area (Å²) in [7, 11) is 0. The van der Waals surface area contributed by atoms with Crippen LogP contribution in [0.5, 0.6) is 0 Å². The average molecular weight is 327 g/mol. The van der Waals surface area contributed by atoms with Gasteiger partial charge >= 0.3 is 0 Å². The second-order valence-electron chi connectivity index (χ2n) is 5.07. The van der Waals surface area contributed by atoms with Crippen molar-refractivity contribution in [1.82, 2.24) is 9.55 Å². The molecule has 0 radical (unpaired) electrons. The van der Waals surface area contributed by atoms with Gasteiger partial charge in [-0.2, -0.15) is 0 Å². The monoisotopic (exact) mass is 326 g/mol. The summed E-state index contributed by atoms with van der Waals surface area (Å²) in [6.45, 7) is 3.11. The first-order valence-corrected chi connectivity index (χ1v) is 7.61. The second-order valence-corrected chi connectivity index (χ2v) is 5.91. The van der Waals surface area contributed by atoms with Crippen molar-refractivity contribution in [1.29, 1.82) is 0 Å². The zero-order valence-corrected chi connectivity index (χ0v) is 13.1. The lowest BCUT2D eigenvalue weighted by Crippen LogP contribution is -2.33. The minimum atomic E-state index is -0.900. The highest BCUT2D eigenvalue weighted by Gasteiger charge is 2.44. The molecule has 0 N–H and O–H groups in total. The van der Waals surface area contributed by atoms with E-state index in [1.807, 2.05) is 16.8 Å². The van der Waals surface area contributed by atoms with Crippen molar-refractivity contribution in [3.63, 3.8) is 0 Å². The summed E-state index contributed by atoms with van der Waals surface area (Å²) < 4.78 is 14.1. The molecule has 0 spiro atoms. The molecule has 21 heavy (non-hydrogen) atoms. The number of imidazole rings is 1. The summed E-state index contributed by atoms with van der Waals surface area (Å²) >= 11 is 12.3. The number of halogens is 2. The smallest absolute Gasteiger partial charge is 0.215 e. The third-order valence-corrected chi connectivity index (χ3v) is 4.15. The Bertz CT molecular complexity index is 618. The molecule has 0 bridgehead atoms. The minimum Gasteiger partial charge on any atom is -0.342 e. The van der Waals surface area contributed by atoms with Crippen LogP contribution < -0.4 is 0 Å². The van der Waals surface area contributed by atoms with Crippen LogP contribution in [0.15, 0.2) is 36.9 Å². The van der Waals surface area contributed by atoms with Crippen LogP contribution in [0.3, 0.4) is 0 Å². The maximum absolute atomic E-state index is 6.36. The van der Waals surface area contributed by atoms with Crippen LogP contribution in [0.4, 0.5) is 0 Å². The van der Waals surface area contributed by atoms with Crippen LogP contribution in [0.1, 0.15) is 18.9 Å². The zero-order chi connectivity index (χ0) is 14.9. The number of hydrogen-bond acceptors (Lipinski definition) is 3. The first-order valence-electron chi connectivity index (χ1n) is 6.86. The highest BCUT2D eigenvalue weighted by Crippen LogP contribution is 2.40. The van der Waals surface area contributed by atoms with Gasteiger partial charge in [0.15, 0.2) is 0 Å². The average Bonchev–Trinajstić information content (AvgIpc) is 3.09. The summed E-state index contributed by atoms with van der Waals surface area (Å²) in [5.74, 6) is -0.900. The van der Waals surface area contributed by atoms with E-state index in [4.69, 9.17) is 32.7 Å². The lowest BCUT2D eigenvalue weighted by Gasteiger charge is -2.29. The standard InChI is InChI=1S/C15H16Cl2N2O2/c1-2-12-8-20-15(21-12,9-19-6-5-18-10-19)13-4-3-11(16)7-14(13)17/h3-7,10,12H,2,8-9H2,1H3/t12-,15-/m1/s1. The van der Waals surface area contributed by atoms with Crippen molar-refractivity contribution in [2.24, 2.45) is 0 Å². The molecule has 0 amide bonds.